The lowest BCUT2D eigenvalue weighted by atomic mass is 10.1. The zero-order valence-electron chi connectivity index (χ0n) is 14.5. The number of carbonyl (C=O) groups excluding carboxylic acids is 2. The van der Waals surface area contributed by atoms with Gasteiger partial charge in [-0.25, -0.2) is 0 Å². The normalized spacial score (nSPS) is 18.2. The largest absolute Gasteiger partial charge is 0.303 e. The molecule has 1 fully saturated rings. The maximum absolute atomic E-state index is 12.2. The Morgan fingerprint density at radius 3 is 1.88 bits per heavy atom. The lowest BCUT2D eigenvalue weighted by Gasteiger charge is -2.26. The highest BCUT2D eigenvalue weighted by Gasteiger charge is 2.34. The van der Waals surface area contributed by atoms with Crippen LogP contribution >= 0.6 is 0 Å². The van der Waals surface area contributed by atoms with Crippen LogP contribution in [0.5, 0.6) is 0 Å². The molecule has 0 N–H and O–H groups in total. The third kappa shape index (κ3) is 4.04. The number of hydrogen-bond donors (Lipinski definition) is 0. The van der Waals surface area contributed by atoms with Gasteiger partial charge in [0.25, 0.3) is 11.8 Å². The minimum atomic E-state index is -0.124. The SMILES string of the molecule is O=C1c2ccccc2C(=O)N1CCCCCCCN1CCCCC1. The maximum Gasteiger partial charge on any atom is 0.261 e. The summed E-state index contributed by atoms with van der Waals surface area (Å²) in [4.78, 5) is 28.5. The molecule has 2 aliphatic heterocycles. The molecule has 0 unspecified atom stereocenters. The van der Waals surface area contributed by atoms with Gasteiger partial charge in [-0.1, -0.05) is 37.8 Å². The second-order valence-corrected chi connectivity index (χ2v) is 6.98. The molecule has 0 saturated carbocycles. The molecule has 0 radical (unpaired) electrons. The van der Waals surface area contributed by atoms with E-state index in [1.807, 2.05) is 12.1 Å². The van der Waals surface area contributed by atoms with Crippen molar-refractivity contribution in [3.05, 3.63) is 35.4 Å². The Kier molecular flexibility index (Phi) is 6.02. The van der Waals surface area contributed by atoms with Gasteiger partial charge in [0.2, 0.25) is 0 Å². The molecule has 4 heteroatoms. The highest BCUT2D eigenvalue weighted by molar-refractivity contribution is 6.21. The minimum absolute atomic E-state index is 0.124. The van der Waals surface area contributed by atoms with Crippen LogP contribution in [0.2, 0.25) is 0 Å². The minimum Gasteiger partial charge on any atom is -0.303 e. The Balaban J connectivity index is 1.30. The molecule has 0 aromatic heterocycles. The van der Waals surface area contributed by atoms with E-state index in [4.69, 9.17) is 0 Å². The second-order valence-electron chi connectivity index (χ2n) is 6.98. The van der Waals surface area contributed by atoms with Gasteiger partial charge in [0, 0.05) is 6.54 Å². The van der Waals surface area contributed by atoms with Crippen molar-refractivity contribution >= 4 is 11.8 Å². The number of likely N-dealkylation sites (tertiary alicyclic amines) is 1. The van der Waals surface area contributed by atoms with Crippen molar-refractivity contribution in [1.82, 2.24) is 9.80 Å². The highest BCUT2D eigenvalue weighted by atomic mass is 16.2. The van der Waals surface area contributed by atoms with Crippen LogP contribution in [0.25, 0.3) is 0 Å². The fraction of sp³-hybridized carbons (Fsp3) is 0.600. The zero-order chi connectivity index (χ0) is 16.8. The summed E-state index contributed by atoms with van der Waals surface area (Å²) in [6, 6.07) is 7.12. The molecule has 0 spiro atoms. The van der Waals surface area contributed by atoms with E-state index in [1.54, 1.807) is 12.1 Å². The van der Waals surface area contributed by atoms with Gasteiger partial charge in [-0.15, -0.1) is 0 Å². The van der Waals surface area contributed by atoms with Crippen molar-refractivity contribution in [2.75, 3.05) is 26.2 Å². The van der Waals surface area contributed by atoms with Crippen molar-refractivity contribution in [2.24, 2.45) is 0 Å². The Labute approximate surface area is 144 Å². The Morgan fingerprint density at radius 1 is 0.708 bits per heavy atom. The quantitative estimate of drug-likeness (QED) is 0.539. The second kappa shape index (κ2) is 8.43. The molecule has 130 valence electrons. The van der Waals surface area contributed by atoms with Crippen molar-refractivity contribution in [2.45, 2.75) is 51.4 Å². The average Bonchev–Trinajstić information content (AvgIpc) is 2.87. The molecule has 2 amide bonds. The van der Waals surface area contributed by atoms with E-state index in [-0.39, 0.29) is 11.8 Å². The van der Waals surface area contributed by atoms with Gasteiger partial charge < -0.3 is 4.90 Å². The molecule has 1 aromatic carbocycles. The van der Waals surface area contributed by atoms with E-state index in [0.29, 0.717) is 17.7 Å². The first-order valence-corrected chi connectivity index (χ1v) is 9.45. The van der Waals surface area contributed by atoms with E-state index >= 15 is 0 Å². The Bertz CT molecular complexity index is 544. The van der Waals surface area contributed by atoms with Gasteiger partial charge in [-0.05, 0) is 57.5 Å². The predicted octanol–water partition coefficient (Wildman–Crippen LogP) is 3.72. The average molecular weight is 328 g/mol. The number of carbonyl (C=O) groups is 2. The number of imide groups is 1. The number of piperidine rings is 1. The monoisotopic (exact) mass is 328 g/mol. The fourth-order valence-corrected chi connectivity index (χ4v) is 3.76. The van der Waals surface area contributed by atoms with Crippen LogP contribution in [-0.2, 0) is 0 Å². The summed E-state index contributed by atoms with van der Waals surface area (Å²) in [7, 11) is 0. The summed E-state index contributed by atoms with van der Waals surface area (Å²) < 4.78 is 0. The molecule has 4 nitrogen and oxygen atoms in total. The van der Waals surface area contributed by atoms with Gasteiger partial charge in [-0.2, -0.15) is 0 Å². The van der Waals surface area contributed by atoms with Crippen LogP contribution in [0, 0.1) is 0 Å². The number of nitrogens with zero attached hydrogens (tertiary/aromatic N) is 2. The molecule has 3 rings (SSSR count). The zero-order valence-corrected chi connectivity index (χ0v) is 14.5. The van der Waals surface area contributed by atoms with Crippen molar-refractivity contribution in [3.8, 4) is 0 Å². The van der Waals surface area contributed by atoms with E-state index in [1.165, 1.54) is 63.1 Å². The molecule has 24 heavy (non-hydrogen) atoms. The third-order valence-electron chi connectivity index (χ3n) is 5.18. The standard InChI is InChI=1S/C20H28N2O2/c23-19-17-11-5-6-12-18(17)20(24)22(19)16-10-3-1-2-7-13-21-14-8-4-9-15-21/h5-6,11-12H,1-4,7-10,13-16H2. The van der Waals surface area contributed by atoms with Crippen molar-refractivity contribution < 1.29 is 9.59 Å². The highest BCUT2D eigenvalue weighted by Crippen LogP contribution is 2.22. The topological polar surface area (TPSA) is 40.6 Å². The predicted molar refractivity (Wildman–Crippen MR) is 95.2 cm³/mol. The van der Waals surface area contributed by atoms with Gasteiger partial charge >= 0.3 is 0 Å². The molecule has 2 aliphatic rings. The van der Waals surface area contributed by atoms with Gasteiger partial charge in [0.1, 0.15) is 0 Å². The third-order valence-corrected chi connectivity index (χ3v) is 5.18. The van der Waals surface area contributed by atoms with Crippen LogP contribution in [0.4, 0.5) is 0 Å². The molecule has 0 aliphatic carbocycles. The number of fused-ring (bicyclic) bond motifs is 1. The Hall–Kier alpha value is -1.68. The Morgan fingerprint density at radius 2 is 1.25 bits per heavy atom. The van der Waals surface area contributed by atoms with E-state index in [2.05, 4.69) is 4.90 Å². The number of benzene rings is 1. The van der Waals surface area contributed by atoms with Crippen LogP contribution in [0.15, 0.2) is 24.3 Å². The first-order valence-electron chi connectivity index (χ1n) is 9.45. The van der Waals surface area contributed by atoms with E-state index in [9.17, 15) is 9.59 Å². The number of hydrogen-bond acceptors (Lipinski definition) is 3. The van der Waals surface area contributed by atoms with Crippen LogP contribution in [-0.4, -0.2) is 47.8 Å². The molecule has 1 aromatic rings. The molecule has 2 heterocycles. The first-order chi connectivity index (χ1) is 11.8. The number of unbranched alkanes of at least 4 members (excludes halogenated alkanes) is 4. The first kappa shape index (κ1) is 17.2. The smallest absolute Gasteiger partial charge is 0.261 e. The summed E-state index contributed by atoms with van der Waals surface area (Å²) in [6.45, 7) is 4.34. The summed E-state index contributed by atoms with van der Waals surface area (Å²) >= 11 is 0. The van der Waals surface area contributed by atoms with Gasteiger partial charge in [-0.3, -0.25) is 14.5 Å². The molecular weight excluding hydrogens is 300 g/mol. The van der Waals surface area contributed by atoms with Gasteiger partial charge in [0.15, 0.2) is 0 Å². The molecule has 1 saturated heterocycles. The summed E-state index contributed by atoms with van der Waals surface area (Å²) in [6.07, 6.45) is 9.83. The van der Waals surface area contributed by atoms with Gasteiger partial charge in [0.05, 0.1) is 11.1 Å². The lowest BCUT2D eigenvalue weighted by molar-refractivity contribution is 0.0651. The summed E-state index contributed by atoms with van der Waals surface area (Å²) in [5, 5.41) is 0. The number of rotatable bonds is 8. The molecule has 0 atom stereocenters. The van der Waals surface area contributed by atoms with E-state index in [0.717, 1.165) is 12.8 Å². The molecular formula is C20H28N2O2. The van der Waals surface area contributed by atoms with Crippen LogP contribution in [0.1, 0.15) is 72.1 Å². The fourth-order valence-electron chi connectivity index (χ4n) is 3.76. The van der Waals surface area contributed by atoms with Crippen LogP contribution < -0.4 is 0 Å². The van der Waals surface area contributed by atoms with Crippen LogP contribution in [0.3, 0.4) is 0 Å². The van der Waals surface area contributed by atoms with Crippen molar-refractivity contribution in [1.29, 1.82) is 0 Å². The number of amides is 2. The molecule has 0 bridgehead atoms. The van der Waals surface area contributed by atoms with Crippen molar-refractivity contribution in [3.63, 3.8) is 0 Å². The summed E-state index contributed by atoms with van der Waals surface area (Å²) in [5.41, 5.74) is 1.12. The van der Waals surface area contributed by atoms with E-state index < -0.39 is 0 Å². The lowest BCUT2D eigenvalue weighted by Crippen LogP contribution is -2.30. The maximum atomic E-state index is 12.2. The summed E-state index contributed by atoms with van der Waals surface area (Å²) in [5.74, 6) is -0.249.